The third-order valence-electron chi connectivity index (χ3n) is 5.89. The van der Waals surface area contributed by atoms with E-state index in [1.807, 2.05) is 77.9 Å². The van der Waals surface area contributed by atoms with Crippen LogP contribution >= 0.6 is 0 Å². The number of benzene rings is 2. The average Bonchev–Trinajstić information content (AvgIpc) is 2.76. The van der Waals surface area contributed by atoms with Crippen LogP contribution in [-0.2, 0) is 26.2 Å². The molecule has 0 heterocycles. The van der Waals surface area contributed by atoms with Gasteiger partial charge < -0.3 is 10.2 Å². The first-order valence-electron chi connectivity index (χ1n) is 12.4. The van der Waals surface area contributed by atoms with Crippen molar-refractivity contribution in [3.05, 3.63) is 65.2 Å². The third kappa shape index (κ3) is 8.66. The third-order valence-corrected chi connectivity index (χ3v) is 7.07. The number of carbonyl (C=O) groups is 2. The van der Waals surface area contributed by atoms with Crippen LogP contribution in [0.15, 0.2) is 48.5 Å². The fourth-order valence-electron chi connectivity index (χ4n) is 4.09. The zero-order valence-corrected chi connectivity index (χ0v) is 23.5. The number of anilines is 1. The van der Waals surface area contributed by atoms with Crippen LogP contribution < -0.4 is 9.62 Å². The Morgan fingerprint density at radius 1 is 1.00 bits per heavy atom. The number of sulfonamides is 1. The first-order valence-corrected chi connectivity index (χ1v) is 14.3. The first kappa shape index (κ1) is 29.4. The topological polar surface area (TPSA) is 86.8 Å². The van der Waals surface area contributed by atoms with Crippen LogP contribution in [0.4, 0.5) is 5.69 Å². The smallest absolute Gasteiger partial charge is 0.243 e. The zero-order valence-electron chi connectivity index (χ0n) is 22.7. The molecule has 0 saturated carbocycles. The van der Waals surface area contributed by atoms with Crippen LogP contribution in [0.5, 0.6) is 0 Å². The number of nitrogens with zero attached hydrogens (tertiary/aromatic N) is 2. The van der Waals surface area contributed by atoms with Crippen LogP contribution in [0.2, 0.25) is 0 Å². The molecule has 0 spiro atoms. The van der Waals surface area contributed by atoms with Gasteiger partial charge in [0.05, 0.1) is 11.9 Å². The van der Waals surface area contributed by atoms with Gasteiger partial charge in [-0.1, -0.05) is 55.0 Å². The summed E-state index contributed by atoms with van der Waals surface area (Å²) in [6.45, 7) is 12.0. The predicted octanol–water partition coefficient (Wildman–Crippen LogP) is 4.57. The molecule has 0 unspecified atom stereocenters. The molecule has 0 radical (unpaired) electrons. The average molecular weight is 516 g/mol. The van der Waals surface area contributed by atoms with E-state index in [2.05, 4.69) is 5.32 Å². The Morgan fingerprint density at radius 3 is 2.14 bits per heavy atom. The second kappa shape index (κ2) is 12.4. The maximum atomic E-state index is 13.5. The molecule has 0 bridgehead atoms. The van der Waals surface area contributed by atoms with Gasteiger partial charge in [-0.3, -0.25) is 13.9 Å². The lowest BCUT2D eigenvalue weighted by atomic mass is 10.0. The van der Waals surface area contributed by atoms with Gasteiger partial charge in [0.15, 0.2) is 0 Å². The molecule has 1 N–H and O–H groups in total. The summed E-state index contributed by atoms with van der Waals surface area (Å²) in [5.41, 5.74) is 3.09. The molecule has 0 saturated heterocycles. The van der Waals surface area contributed by atoms with E-state index in [9.17, 15) is 18.0 Å². The van der Waals surface area contributed by atoms with Gasteiger partial charge in [0.2, 0.25) is 21.8 Å². The highest BCUT2D eigenvalue weighted by atomic mass is 32.2. The van der Waals surface area contributed by atoms with Gasteiger partial charge in [-0.25, -0.2) is 8.42 Å². The quantitative estimate of drug-likeness (QED) is 0.475. The maximum absolute atomic E-state index is 13.5. The van der Waals surface area contributed by atoms with Gasteiger partial charge in [-0.15, -0.1) is 0 Å². The van der Waals surface area contributed by atoms with Gasteiger partial charge >= 0.3 is 0 Å². The van der Waals surface area contributed by atoms with Crippen molar-refractivity contribution in [3.63, 3.8) is 0 Å². The van der Waals surface area contributed by atoms with Crippen molar-refractivity contribution < 1.29 is 18.0 Å². The number of carbonyl (C=O) groups excluding carboxylic acids is 2. The van der Waals surface area contributed by atoms with Crippen LogP contribution in [0.3, 0.4) is 0 Å². The normalized spacial score (nSPS) is 12.6. The largest absolute Gasteiger partial charge is 0.350 e. The van der Waals surface area contributed by atoms with Crippen molar-refractivity contribution >= 4 is 27.5 Å². The lowest BCUT2D eigenvalue weighted by Gasteiger charge is -2.33. The molecule has 8 heteroatoms. The van der Waals surface area contributed by atoms with E-state index in [-0.39, 0.29) is 24.8 Å². The molecule has 2 aromatic rings. The standard InChI is InChI=1S/C28H41N3O4S/c1-8-24(27(33)29-28(4,5)6)30(20-23-17-15-21(2)16-18-23)26(32)14-11-19-31(36(7,34)35)25-13-10-9-12-22(25)3/h9-10,12-13,15-18,24H,8,11,14,19-20H2,1-7H3,(H,29,33)/t24-/m0/s1. The molecule has 7 nitrogen and oxygen atoms in total. The molecule has 2 rings (SSSR count). The van der Waals surface area contributed by atoms with Crippen LogP contribution in [0.25, 0.3) is 0 Å². The van der Waals surface area contributed by atoms with Crippen LogP contribution in [0, 0.1) is 13.8 Å². The van der Waals surface area contributed by atoms with Gasteiger partial charge in [0.25, 0.3) is 0 Å². The number of nitrogens with one attached hydrogen (secondary N) is 1. The Labute approximate surface area is 216 Å². The van der Waals surface area contributed by atoms with E-state index >= 15 is 0 Å². The molecule has 0 fully saturated rings. The number of aryl methyl sites for hydroxylation is 2. The van der Waals surface area contributed by atoms with E-state index in [1.54, 1.807) is 17.0 Å². The number of hydrogen-bond acceptors (Lipinski definition) is 4. The molecule has 0 aliphatic heterocycles. The summed E-state index contributed by atoms with van der Waals surface area (Å²) in [4.78, 5) is 28.3. The molecule has 0 aliphatic rings. The number of para-hydroxylation sites is 1. The molecule has 36 heavy (non-hydrogen) atoms. The number of hydrogen-bond donors (Lipinski definition) is 1. The highest BCUT2D eigenvalue weighted by Crippen LogP contribution is 2.23. The summed E-state index contributed by atoms with van der Waals surface area (Å²) < 4.78 is 26.4. The second-order valence-corrected chi connectivity index (χ2v) is 12.3. The summed E-state index contributed by atoms with van der Waals surface area (Å²) >= 11 is 0. The van der Waals surface area contributed by atoms with Crippen LogP contribution in [0.1, 0.15) is 63.6 Å². The van der Waals surface area contributed by atoms with Crippen molar-refractivity contribution in [1.29, 1.82) is 0 Å². The Bertz CT molecular complexity index is 1140. The predicted molar refractivity (Wildman–Crippen MR) is 146 cm³/mol. The number of amides is 2. The van der Waals surface area contributed by atoms with E-state index < -0.39 is 21.6 Å². The van der Waals surface area contributed by atoms with Gasteiger partial charge in [-0.2, -0.15) is 0 Å². The molecule has 0 aliphatic carbocycles. The molecule has 2 amide bonds. The molecular formula is C28H41N3O4S. The van der Waals surface area contributed by atoms with Crippen molar-refractivity contribution in [2.75, 3.05) is 17.1 Å². The lowest BCUT2D eigenvalue weighted by Crippen LogP contribution is -2.53. The van der Waals surface area contributed by atoms with Crippen molar-refractivity contribution in [3.8, 4) is 0 Å². The summed E-state index contributed by atoms with van der Waals surface area (Å²) in [6, 6.07) is 14.6. The van der Waals surface area contributed by atoms with Crippen molar-refractivity contribution in [2.45, 2.75) is 78.9 Å². The summed E-state index contributed by atoms with van der Waals surface area (Å²) in [5, 5.41) is 3.00. The SMILES string of the molecule is CC[C@@H](C(=O)NC(C)(C)C)N(Cc1ccc(C)cc1)C(=O)CCCN(c1ccccc1C)S(C)(=O)=O. The van der Waals surface area contributed by atoms with Crippen molar-refractivity contribution in [1.82, 2.24) is 10.2 Å². The first-order chi connectivity index (χ1) is 16.7. The van der Waals surface area contributed by atoms with Crippen molar-refractivity contribution in [2.24, 2.45) is 0 Å². The van der Waals surface area contributed by atoms with Crippen LogP contribution in [-0.4, -0.2) is 49.5 Å². The molecule has 1 atom stereocenters. The zero-order chi connectivity index (χ0) is 27.1. The lowest BCUT2D eigenvalue weighted by molar-refractivity contribution is -0.142. The highest BCUT2D eigenvalue weighted by Gasteiger charge is 2.30. The molecule has 198 valence electrons. The Balaban J connectivity index is 2.24. The van der Waals surface area contributed by atoms with Gasteiger partial charge in [0, 0.05) is 25.0 Å². The van der Waals surface area contributed by atoms with E-state index in [4.69, 9.17) is 0 Å². The summed E-state index contributed by atoms with van der Waals surface area (Å²) in [6.07, 6.45) is 2.11. The minimum atomic E-state index is -3.52. The number of rotatable bonds is 11. The summed E-state index contributed by atoms with van der Waals surface area (Å²) in [5.74, 6) is -0.368. The minimum absolute atomic E-state index is 0.128. The van der Waals surface area contributed by atoms with E-state index in [0.717, 1.165) is 16.7 Å². The van der Waals surface area contributed by atoms with Gasteiger partial charge in [0.1, 0.15) is 6.04 Å². The van der Waals surface area contributed by atoms with Gasteiger partial charge in [-0.05, 0) is 64.7 Å². The fraction of sp³-hybridized carbons (Fsp3) is 0.500. The molecule has 2 aromatic carbocycles. The minimum Gasteiger partial charge on any atom is -0.350 e. The Hall–Kier alpha value is -2.87. The second-order valence-electron chi connectivity index (χ2n) is 10.4. The fourth-order valence-corrected chi connectivity index (χ4v) is 5.11. The Morgan fingerprint density at radius 2 is 1.61 bits per heavy atom. The maximum Gasteiger partial charge on any atom is 0.243 e. The highest BCUT2D eigenvalue weighted by molar-refractivity contribution is 7.92. The monoisotopic (exact) mass is 515 g/mol. The molecule has 0 aromatic heterocycles. The molecular weight excluding hydrogens is 474 g/mol. The Kier molecular flexibility index (Phi) is 10.1. The van der Waals surface area contributed by atoms with E-state index in [1.165, 1.54) is 10.6 Å². The van der Waals surface area contributed by atoms with E-state index in [0.29, 0.717) is 25.1 Å². The summed E-state index contributed by atoms with van der Waals surface area (Å²) in [7, 11) is -3.52.